The van der Waals surface area contributed by atoms with Gasteiger partial charge in [-0.15, -0.1) is 0 Å². The van der Waals surface area contributed by atoms with E-state index in [1.54, 1.807) is 0 Å². The molecule has 116 valence electrons. The van der Waals surface area contributed by atoms with Gasteiger partial charge in [0, 0.05) is 38.3 Å². The van der Waals surface area contributed by atoms with Gasteiger partial charge < -0.3 is 15.8 Å². The number of rotatable bonds is 6. The molecule has 1 heterocycles. The third-order valence-electron chi connectivity index (χ3n) is 3.85. The summed E-state index contributed by atoms with van der Waals surface area (Å²) >= 11 is 0. The van der Waals surface area contributed by atoms with E-state index in [2.05, 4.69) is 17.1 Å². The highest BCUT2D eigenvalue weighted by atomic mass is 16.5. The largest absolute Gasteiger partial charge is 0.399 e. The van der Waals surface area contributed by atoms with E-state index in [0.717, 1.165) is 44.1 Å². The minimum Gasteiger partial charge on any atom is -0.399 e. The predicted octanol–water partition coefficient (Wildman–Crippen LogP) is 1.21. The molecule has 3 N–H and O–H groups in total. The van der Waals surface area contributed by atoms with Gasteiger partial charge in [-0.3, -0.25) is 9.69 Å². The van der Waals surface area contributed by atoms with Crippen LogP contribution < -0.4 is 11.1 Å². The number of nitrogens with zero attached hydrogens (tertiary/aromatic N) is 1. The first kappa shape index (κ1) is 15.8. The molecule has 0 aliphatic carbocycles. The first-order valence-electron chi connectivity index (χ1n) is 7.57. The second-order valence-electron chi connectivity index (χ2n) is 5.58. The summed E-state index contributed by atoms with van der Waals surface area (Å²) in [6.45, 7) is 7.16. The molecule has 0 spiro atoms. The number of amides is 1. The minimum atomic E-state index is 0.104. The van der Waals surface area contributed by atoms with Crippen molar-refractivity contribution in [2.24, 2.45) is 0 Å². The molecular weight excluding hydrogens is 266 g/mol. The highest BCUT2D eigenvalue weighted by molar-refractivity contribution is 5.76. The fourth-order valence-corrected chi connectivity index (χ4v) is 2.47. The molecule has 5 nitrogen and oxygen atoms in total. The van der Waals surface area contributed by atoms with Crippen LogP contribution in [0.25, 0.3) is 0 Å². The Labute approximate surface area is 126 Å². The predicted molar refractivity (Wildman–Crippen MR) is 84.2 cm³/mol. The zero-order valence-electron chi connectivity index (χ0n) is 12.7. The zero-order valence-corrected chi connectivity index (χ0v) is 12.7. The molecule has 1 aromatic carbocycles. The Morgan fingerprint density at radius 3 is 2.67 bits per heavy atom. The van der Waals surface area contributed by atoms with E-state index in [-0.39, 0.29) is 11.8 Å². The zero-order chi connectivity index (χ0) is 15.1. The summed E-state index contributed by atoms with van der Waals surface area (Å²) in [5.74, 6) is 0.307. The van der Waals surface area contributed by atoms with Crippen molar-refractivity contribution in [3.8, 4) is 0 Å². The third-order valence-corrected chi connectivity index (χ3v) is 3.85. The normalized spacial score (nSPS) is 17.4. The molecule has 1 aliphatic rings. The van der Waals surface area contributed by atoms with Crippen LogP contribution in [0.2, 0.25) is 0 Å². The fraction of sp³-hybridized carbons (Fsp3) is 0.562. The Morgan fingerprint density at radius 2 is 2.00 bits per heavy atom. The van der Waals surface area contributed by atoms with Crippen LogP contribution >= 0.6 is 0 Å². The van der Waals surface area contributed by atoms with E-state index in [4.69, 9.17) is 10.5 Å². The molecule has 1 amide bonds. The number of carbonyl (C=O) groups excluding carboxylic acids is 1. The molecule has 1 fully saturated rings. The summed E-state index contributed by atoms with van der Waals surface area (Å²) in [5.41, 5.74) is 7.57. The topological polar surface area (TPSA) is 67.6 Å². The van der Waals surface area contributed by atoms with Crippen molar-refractivity contribution in [2.45, 2.75) is 19.3 Å². The number of carbonyl (C=O) groups is 1. The van der Waals surface area contributed by atoms with E-state index in [9.17, 15) is 4.79 Å². The molecule has 0 radical (unpaired) electrons. The van der Waals surface area contributed by atoms with Gasteiger partial charge in [0.15, 0.2) is 0 Å². The Kier molecular flexibility index (Phi) is 6.02. The second-order valence-corrected chi connectivity index (χ2v) is 5.58. The number of hydrogen-bond acceptors (Lipinski definition) is 4. The van der Waals surface area contributed by atoms with Gasteiger partial charge in [-0.1, -0.05) is 19.1 Å². The quantitative estimate of drug-likeness (QED) is 0.773. The highest BCUT2D eigenvalue weighted by Crippen LogP contribution is 2.19. The maximum Gasteiger partial charge on any atom is 0.220 e. The van der Waals surface area contributed by atoms with Crippen LogP contribution in [0.1, 0.15) is 24.8 Å². The van der Waals surface area contributed by atoms with Crippen LogP contribution in [0, 0.1) is 0 Å². The van der Waals surface area contributed by atoms with Crippen molar-refractivity contribution in [2.75, 3.05) is 45.1 Å². The number of benzene rings is 1. The molecule has 21 heavy (non-hydrogen) atoms. The van der Waals surface area contributed by atoms with Gasteiger partial charge in [0.1, 0.15) is 0 Å². The van der Waals surface area contributed by atoms with Crippen molar-refractivity contribution in [1.29, 1.82) is 0 Å². The molecule has 0 bridgehead atoms. The van der Waals surface area contributed by atoms with E-state index < -0.39 is 0 Å². The van der Waals surface area contributed by atoms with Crippen molar-refractivity contribution in [1.82, 2.24) is 10.2 Å². The number of morpholine rings is 1. The molecule has 1 aliphatic heterocycles. The van der Waals surface area contributed by atoms with Gasteiger partial charge in [-0.05, 0) is 23.6 Å². The minimum absolute atomic E-state index is 0.104. The molecule has 0 saturated carbocycles. The van der Waals surface area contributed by atoms with Gasteiger partial charge in [0.25, 0.3) is 0 Å². The Bertz CT molecular complexity index is 441. The molecule has 1 unspecified atom stereocenters. The lowest BCUT2D eigenvalue weighted by Crippen LogP contribution is -2.41. The van der Waals surface area contributed by atoms with E-state index in [0.29, 0.717) is 13.0 Å². The summed E-state index contributed by atoms with van der Waals surface area (Å²) in [4.78, 5) is 14.3. The van der Waals surface area contributed by atoms with Crippen molar-refractivity contribution in [3.05, 3.63) is 29.8 Å². The van der Waals surface area contributed by atoms with Crippen LogP contribution in [0.15, 0.2) is 24.3 Å². The first-order chi connectivity index (χ1) is 10.1. The Hall–Kier alpha value is -1.59. The molecule has 0 aromatic heterocycles. The van der Waals surface area contributed by atoms with Crippen LogP contribution in [-0.4, -0.2) is 50.2 Å². The average Bonchev–Trinajstić information content (AvgIpc) is 2.49. The molecular formula is C16H25N3O2. The number of ether oxygens (including phenoxy) is 1. The van der Waals surface area contributed by atoms with Crippen molar-refractivity contribution >= 4 is 11.6 Å². The molecule has 2 rings (SSSR count). The fourth-order valence-electron chi connectivity index (χ4n) is 2.47. The number of nitrogens with two attached hydrogens (primary N) is 1. The average molecular weight is 291 g/mol. The van der Waals surface area contributed by atoms with Crippen LogP contribution in [-0.2, 0) is 9.53 Å². The van der Waals surface area contributed by atoms with Crippen LogP contribution in [0.3, 0.4) is 0 Å². The van der Waals surface area contributed by atoms with Crippen LogP contribution in [0.4, 0.5) is 5.69 Å². The van der Waals surface area contributed by atoms with E-state index in [1.807, 2.05) is 24.3 Å². The van der Waals surface area contributed by atoms with E-state index >= 15 is 0 Å². The van der Waals surface area contributed by atoms with Gasteiger partial charge in [-0.2, -0.15) is 0 Å². The maximum atomic E-state index is 12.0. The lowest BCUT2D eigenvalue weighted by atomic mass is 9.97. The molecule has 1 saturated heterocycles. The SMILES string of the molecule is CC(CC(=O)NCCN1CCOCC1)c1ccc(N)cc1. The molecule has 1 aromatic rings. The van der Waals surface area contributed by atoms with Gasteiger partial charge in [0.2, 0.25) is 5.91 Å². The standard InChI is InChI=1S/C16H25N3O2/c1-13(14-2-4-15(17)5-3-14)12-16(20)18-6-7-19-8-10-21-11-9-19/h2-5,13H,6-12,17H2,1H3,(H,18,20). The van der Waals surface area contributed by atoms with E-state index in [1.165, 1.54) is 0 Å². The number of anilines is 1. The third kappa shape index (κ3) is 5.36. The van der Waals surface area contributed by atoms with Crippen molar-refractivity contribution in [3.63, 3.8) is 0 Å². The molecule has 5 heteroatoms. The smallest absolute Gasteiger partial charge is 0.220 e. The lowest BCUT2D eigenvalue weighted by molar-refractivity contribution is -0.121. The Balaban J connectivity index is 1.67. The van der Waals surface area contributed by atoms with Gasteiger partial charge in [0.05, 0.1) is 13.2 Å². The monoisotopic (exact) mass is 291 g/mol. The summed E-state index contributed by atoms with van der Waals surface area (Å²) in [6.07, 6.45) is 0.507. The summed E-state index contributed by atoms with van der Waals surface area (Å²) in [7, 11) is 0. The number of hydrogen-bond donors (Lipinski definition) is 2. The van der Waals surface area contributed by atoms with Gasteiger partial charge in [-0.25, -0.2) is 0 Å². The lowest BCUT2D eigenvalue weighted by Gasteiger charge is -2.26. The summed E-state index contributed by atoms with van der Waals surface area (Å²) in [6, 6.07) is 7.73. The number of nitrogen functional groups attached to an aromatic ring is 1. The Morgan fingerprint density at radius 1 is 1.33 bits per heavy atom. The van der Waals surface area contributed by atoms with Crippen molar-refractivity contribution < 1.29 is 9.53 Å². The molecule has 1 atom stereocenters. The summed E-state index contributed by atoms with van der Waals surface area (Å²) < 4.78 is 5.30. The van der Waals surface area contributed by atoms with Gasteiger partial charge >= 0.3 is 0 Å². The second kappa shape index (κ2) is 8.00. The van der Waals surface area contributed by atoms with Crippen LogP contribution in [0.5, 0.6) is 0 Å². The maximum absolute atomic E-state index is 12.0. The number of nitrogens with one attached hydrogen (secondary N) is 1. The summed E-state index contributed by atoms with van der Waals surface area (Å²) in [5, 5.41) is 3.00. The first-order valence-corrected chi connectivity index (χ1v) is 7.57. The highest BCUT2D eigenvalue weighted by Gasteiger charge is 2.13.